The maximum atomic E-state index is 11.9. The van der Waals surface area contributed by atoms with Crippen molar-refractivity contribution in [3.63, 3.8) is 0 Å². The molecule has 5 heteroatoms. The maximum absolute atomic E-state index is 11.9. The molecule has 1 saturated carbocycles. The molecule has 15 heavy (non-hydrogen) atoms. The predicted octanol–water partition coefficient (Wildman–Crippen LogP) is 0.658. The third-order valence-electron chi connectivity index (χ3n) is 3.07. The average Bonchev–Trinajstić information content (AvgIpc) is 2.65. The molecule has 0 aliphatic heterocycles. The summed E-state index contributed by atoms with van der Waals surface area (Å²) >= 11 is 0. The van der Waals surface area contributed by atoms with Crippen LogP contribution >= 0.6 is 0 Å². The highest BCUT2D eigenvalue weighted by Gasteiger charge is 2.25. The van der Waals surface area contributed by atoms with Gasteiger partial charge in [0.1, 0.15) is 0 Å². The molecule has 4 nitrogen and oxygen atoms in total. The van der Waals surface area contributed by atoms with Gasteiger partial charge in [-0.15, -0.1) is 0 Å². The van der Waals surface area contributed by atoms with Crippen LogP contribution < -0.4 is 5.32 Å². The van der Waals surface area contributed by atoms with Gasteiger partial charge in [-0.25, -0.2) is 12.7 Å². The molecule has 0 spiro atoms. The van der Waals surface area contributed by atoms with E-state index in [0.29, 0.717) is 24.8 Å². The van der Waals surface area contributed by atoms with Crippen LogP contribution in [0.4, 0.5) is 0 Å². The van der Waals surface area contributed by atoms with Gasteiger partial charge in [-0.05, 0) is 25.8 Å². The summed E-state index contributed by atoms with van der Waals surface area (Å²) in [5.41, 5.74) is 0. The van der Waals surface area contributed by atoms with Crippen molar-refractivity contribution in [3.8, 4) is 0 Å². The molecule has 0 aromatic rings. The maximum Gasteiger partial charge on any atom is 0.214 e. The van der Waals surface area contributed by atoms with Gasteiger partial charge in [0.25, 0.3) is 0 Å². The van der Waals surface area contributed by atoms with Crippen LogP contribution in [0.3, 0.4) is 0 Å². The molecule has 1 aliphatic carbocycles. The summed E-state index contributed by atoms with van der Waals surface area (Å²) in [6.07, 6.45) is 4.55. The lowest BCUT2D eigenvalue weighted by molar-refractivity contribution is 0.454. The summed E-state index contributed by atoms with van der Waals surface area (Å²) in [5, 5.41) is 2.96. The van der Waals surface area contributed by atoms with E-state index in [2.05, 4.69) is 5.32 Å². The molecule has 90 valence electrons. The number of hydrogen-bond donors (Lipinski definition) is 1. The monoisotopic (exact) mass is 234 g/mol. The Morgan fingerprint density at radius 1 is 1.33 bits per heavy atom. The van der Waals surface area contributed by atoms with Crippen LogP contribution in [0.25, 0.3) is 0 Å². The molecular formula is C10H22N2O2S. The van der Waals surface area contributed by atoms with Crippen molar-refractivity contribution in [1.82, 2.24) is 9.62 Å². The minimum atomic E-state index is -3.02. The van der Waals surface area contributed by atoms with E-state index in [4.69, 9.17) is 0 Å². The van der Waals surface area contributed by atoms with Crippen LogP contribution in [0.5, 0.6) is 0 Å². The Bertz CT molecular complexity index is 271. The van der Waals surface area contributed by atoms with E-state index in [-0.39, 0.29) is 0 Å². The lowest BCUT2D eigenvalue weighted by atomic mass is 10.1. The number of nitrogens with one attached hydrogen (secondary N) is 1. The zero-order valence-electron chi connectivity index (χ0n) is 9.70. The van der Waals surface area contributed by atoms with Crippen molar-refractivity contribution in [2.24, 2.45) is 5.92 Å². The summed E-state index contributed by atoms with van der Waals surface area (Å²) in [5.74, 6) is 0.736. The highest BCUT2D eigenvalue weighted by Crippen LogP contribution is 2.26. The number of sulfonamides is 1. The second-order valence-electron chi connectivity index (χ2n) is 4.35. The fourth-order valence-corrected chi connectivity index (χ4v) is 3.56. The van der Waals surface area contributed by atoms with Gasteiger partial charge in [-0.3, -0.25) is 0 Å². The quantitative estimate of drug-likeness (QED) is 0.734. The van der Waals surface area contributed by atoms with Crippen LogP contribution in [0.2, 0.25) is 0 Å². The first-order valence-electron chi connectivity index (χ1n) is 5.65. The third kappa shape index (κ3) is 4.09. The smallest absolute Gasteiger partial charge is 0.214 e. The standard InChI is InChI=1S/C10H22N2O2S/c1-11-7-8-12(2)15(13,14)9-10-5-3-4-6-10/h10-11H,3-9H2,1-2H3. The van der Waals surface area contributed by atoms with E-state index >= 15 is 0 Å². The van der Waals surface area contributed by atoms with Crippen molar-refractivity contribution < 1.29 is 8.42 Å². The van der Waals surface area contributed by atoms with Crippen LogP contribution in [-0.4, -0.2) is 45.7 Å². The van der Waals surface area contributed by atoms with Crippen LogP contribution in [0, 0.1) is 5.92 Å². The van der Waals surface area contributed by atoms with E-state index in [0.717, 1.165) is 12.8 Å². The third-order valence-corrected chi connectivity index (χ3v) is 5.10. The molecule has 0 saturated heterocycles. The van der Waals surface area contributed by atoms with E-state index in [1.807, 2.05) is 7.05 Å². The molecule has 0 bridgehead atoms. The van der Waals surface area contributed by atoms with Gasteiger partial charge in [-0.2, -0.15) is 0 Å². The number of likely N-dealkylation sites (N-methyl/N-ethyl adjacent to an activating group) is 2. The van der Waals surface area contributed by atoms with Gasteiger partial charge in [0.15, 0.2) is 0 Å². The predicted molar refractivity (Wildman–Crippen MR) is 62.3 cm³/mol. The van der Waals surface area contributed by atoms with Crippen molar-refractivity contribution >= 4 is 10.0 Å². The fourth-order valence-electron chi connectivity index (χ4n) is 2.01. The molecule has 1 fully saturated rings. The summed E-state index contributed by atoms with van der Waals surface area (Å²) in [6, 6.07) is 0. The van der Waals surface area contributed by atoms with Gasteiger partial charge in [0.2, 0.25) is 10.0 Å². The molecule has 0 heterocycles. The lowest BCUT2D eigenvalue weighted by Crippen LogP contribution is -2.35. The van der Waals surface area contributed by atoms with Gasteiger partial charge in [0.05, 0.1) is 5.75 Å². The van der Waals surface area contributed by atoms with Crippen molar-refractivity contribution in [3.05, 3.63) is 0 Å². The molecule has 0 amide bonds. The van der Waals surface area contributed by atoms with Crippen LogP contribution in [-0.2, 0) is 10.0 Å². The summed E-state index contributed by atoms with van der Waals surface area (Å²) in [7, 11) is 0.476. The second kappa shape index (κ2) is 5.82. The van der Waals surface area contributed by atoms with Crippen molar-refractivity contribution in [2.75, 3.05) is 32.9 Å². The Kier molecular flexibility index (Phi) is 5.02. The Morgan fingerprint density at radius 3 is 2.47 bits per heavy atom. The largest absolute Gasteiger partial charge is 0.318 e. The van der Waals surface area contributed by atoms with Gasteiger partial charge in [0, 0.05) is 20.1 Å². The van der Waals surface area contributed by atoms with E-state index in [9.17, 15) is 8.42 Å². The van der Waals surface area contributed by atoms with E-state index in [1.165, 1.54) is 17.1 Å². The molecular weight excluding hydrogens is 212 g/mol. The SMILES string of the molecule is CNCCN(C)S(=O)(=O)CC1CCCC1. The zero-order chi connectivity index (χ0) is 11.3. The molecule has 0 radical (unpaired) electrons. The van der Waals surface area contributed by atoms with Gasteiger partial charge < -0.3 is 5.32 Å². The number of nitrogens with zero attached hydrogens (tertiary/aromatic N) is 1. The Morgan fingerprint density at radius 2 is 1.93 bits per heavy atom. The zero-order valence-corrected chi connectivity index (χ0v) is 10.5. The lowest BCUT2D eigenvalue weighted by Gasteiger charge is -2.19. The number of hydrogen-bond acceptors (Lipinski definition) is 3. The van der Waals surface area contributed by atoms with Crippen LogP contribution in [0.15, 0.2) is 0 Å². The molecule has 0 unspecified atom stereocenters. The second-order valence-corrected chi connectivity index (χ2v) is 6.47. The van der Waals surface area contributed by atoms with E-state index in [1.54, 1.807) is 7.05 Å². The molecule has 1 N–H and O–H groups in total. The first kappa shape index (κ1) is 12.9. The summed E-state index contributed by atoms with van der Waals surface area (Å²) in [6.45, 7) is 1.27. The van der Waals surface area contributed by atoms with Crippen molar-refractivity contribution in [1.29, 1.82) is 0 Å². The normalized spacial score (nSPS) is 18.9. The summed E-state index contributed by atoms with van der Waals surface area (Å²) < 4.78 is 25.3. The minimum Gasteiger partial charge on any atom is -0.318 e. The first-order chi connectivity index (χ1) is 7.06. The minimum absolute atomic E-state index is 0.340. The Hall–Kier alpha value is -0.130. The van der Waals surface area contributed by atoms with Crippen LogP contribution in [0.1, 0.15) is 25.7 Å². The first-order valence-corrected chi connectivity index (χ1v) is 7.26. The highest BCUT2D eigenvalue weighted by atomic mass is 32.2. The average molecular weight is 234 g/mol. The van der Waals surface area contributed by atoms with Gasteiger partial charge >= 0.3 is 0 Å². The fraction of sp³-hybridized carbons (Fsp3) is 1.00. The Balaban J connectivity index is 2.42. The Labute approximate surface area is 93.1 Å². The number of rotatable bonds is 6. The molecule has 1 rings (SSSR count). The molecule has 1 aliphatic rings. The molecule has 0 aromatic heterocycles. The topological polar surface area (TPSA) is 49.4 Å². The highest BCUT2D eigenvalue weighted by molar-refractivity contribution is 7.89. The summed E-state index contributed by atoms with van der Waals surface area (Å²) in [4.78, 5) is 0. The van der Waals surface area contributed by atoms with Gasteiger partial charge in [-0.1, -0.05) is 12.8 Å². The van der Waals surface area contributed by atoms with Crippen molar-refractivity contribution in [2.45, 2.75) is 25.7 Å². The molecule has 0 aromatic carbocycles. The molecule has 0 atom stereocenters. The van der Waals surface area contributed by atoms with E-state index < -0.39 is 10.0 Å².